The fourth-order valence-corrected chi connectivity index (χ4v) is 1.80. The third-order valence-electron chi connectivity index (χ3n) is 2.69. The average Bonchev–Trinajstić information content (AvgIpc) is 2.40. The monoisotopic (exact) mass is 226 g/mol. The van der Waals surface area contributed by atoms with Crippen molar-refractivity contribution in [3.05, 3.63) is 54.1 Å². The van der Waals surface area contributed by atoms with Crippen molar-refractivity contribution < 1.29 is 9.53 Å². The number of aldehydes is 1. The van der Waals surface area contributed by atoms with Gasteiger partial charge in [0.1, 0.15) is 12.0 Å². The number of ether oxygens (including phenoxy) is 1. The Balaban J connectivity index is 2.36. The second-order valence-corrected chi connectivity index (χ2v) is 3.77. The molecule has 0 saturated heterocycles. The van der Waals surface area contributed by atoms with Crippen LogP contribution >= 0.6 is 0 Å². The van der Waals surface area contributed by atoms with Gasteiger partial charge in [-0.15, -0.1) is 0 Å². The molecule has 0 fully saturated rings. The summed E-state index contributed by atoms with van der Waals surface area (Å²) in [6.07, 6.45) is 1.38. The summed E-state index contributed by atoms with van der Waals surface area (Å²) >= 11 is 0. The Morgan fingerprint density at radius 2 is 1.76 bits per heavy atom. The van der Waals surface area contributed by atoms with Crippen molar-refractivity contribution in [2.45, 2.75) is 6.42 Å². The van der Waals surface area contributed by atoms with E-state index in [0.29, 0.717) is 6.42 Å². The normalized spacial score (nSPS) is 9.94. The highest BCUT2D eigenvalue weighted by Gasteiger charge is 2.04. The molecule has 0 N–H and O–H groups in total. The van der Waals surface area contributed by atoms with E-state index in [0.717, 1.165) is 28.7 Å². The van der Waals surface area contributed by atoms with Crippen LogP contribution in [0, 0.1) is 0 Å². The van der Waals surface area contributed by atoms with Crippen LogP contribution in [0.3, 0.4) is 0 Å². The zero-order valence-electron chi connectivity index (χ0n) is 9.72. The zero-order valence-corrected chi connectivity index (χ0v) is 9.72. The molecule has 0 atom stereocenters. The van der Waals surface area contributed by atoms with E-state index in [-0.39, 0.29) is 0 Å². The molecule has 0 bridgehead atoms. The molecule has 2 nitrogen and oxygen atoms in total. The molecule has 17 heavy (non-hydrogen) atoms. The van der Waals surface area contributed by atoms with Crippen LogP contribution in [-0.2, 0) is 11.2 Å². The zero-order chi connectivity index (χ0) is 12.1. The Labute approximate surface area is 101 Å². The summed E-state index contributed by atoms with van der Waals surface area (Å²) in [4.78, 5) is 10.4. The average molecular weight is 226 g/mol. The van der Waals surface area contributed by atoms with Crippen molar-refractivity contribution in [2.75, 3.05) is 7.11 Å². The van der Waals surface area contributed by atoms with Crippen LogP contribution in [0.5, 0.6) is 5.75 Å². The summed E-state index contributed by atoms with van der Waals surface area (Å²) in [6, 6.07) is 15.8. The van der Waals surface area contributed by atoms with Gasteiger partial charge in [-0.1, -0.05) is 42.5 Å². The largest absolute Gasteiger partial charge is 0.496 e. The maximum absolute atomic E-state index is 10.4. The van der Waals surface area contributed by atoms with Gasteiger partial charge >= 0.3 is 0 Å². The Kier molecular flexibility index (Phi) is 3.55. The second kappa shape index (κ2) is 5.30. The standard InChI is InChI=1S/C15H14O2/c1-17-15-5-3-2-4-14(15)13-8-6-12(7-9-13)10-11-16/h2-9,11H,10H2,1H3. The minimum Gasteiger partial charge on any atom is -0.496 e. The molecule has 0 amide bonds. The van der Waals surface area contributed by atoms with Crippen molar-refractivity contribution in [3.8, 4) is 16.9 Å². The van der Waals surface area contributed by atoms with Gasteiger partial charge < -0.3 is 9.53 Å². The van der Waals surface area contributed by atoms with E-state index in [9.17, 15) is 4.79 Å². The number of hydrogen-bond donors (Lipinski definition) is 0. The molecule has 0 saturated carbocycles. The van der Waals surface area contributed by atoms with Gasteiger partial charge in [-0.2, -0.15) is 0 Å². The molecular weight excluding hydrogens is 212 g/mol. The smallest absolute Gasteiger partial charge is 0.126 e. The van der Waals surface area contributed by atoms with E-state index < -0.39 is 0 Å². The molecule has 0 aliphatic rings. The minimum atomic E-state index is 0.464. The predicted molar refractivity (Wildman–Crippen MR) is 68.2 cm³/mol. The van der Waals surface area contributed by atoms with E-state index >= 15 is 0 Å². The highest BCUT2D eigenvalue weighted by Crippen LogP contribution is 2.29. The summed E-state index contributed by atoms with van der Waals surface area (Å²) in [5.74, 6) is 0.857. The molecule has 0 aromatic heterocycles. The van der Waals surface area contributed by atoms with Gasteiger partial charge in [-0.05, 0) is 17.2 Å². The summed E-state index contributed by atoms with van der Waals surface area (Å²) < 4.78 is 5.32. The molecule has 0 spiro atoms. The van der Waals surface area contributed by atoms with Gasteiger partial charge in [-0.3, -0.25) is 0 Å². The second-order valence-electron chi connectivity index (χ2n) is 3.77. The van der Waals surface area contributed by atoms with E-state index in [1.54, 1.807) is 7.11 Å². The van der Waals surface area contributed by atoms with Crippen molar-refractivity contribution >= 4 is 6.29 Å². The molecule has 0 unspecified atom stereocenters. The van der Waals surface area contributed by atoms with Gasteiger partial charge in [0.05, 0.1) is 7.11 Å². The molecule has 0 heterocycles. The van der Waals surface area contributed by atoms with Crippen molar-refractivity contribution in [3.63, 3.8) is 0 Å². The van der Waals surface area contributed by atoms with Crippen LogP contribution in [0.1, 0.15) is 5.56 Å². The van der Waals surface area contributed by atoms with E-state index in [2.05, 4.69) is 0 Å². The third-order valence-corrected chi connectivity index (χ3v) is 2.69. The number of benzene rings is 2. The Hall–Kier alpha value is -2.09. The molecule has 0 aliphatic carbocycles. The van der Waals surface area contributed by atoms with Crippen LogP contribution < -0.4 is 4.74 Å². The molecule has 0 aliphatic heterocycles. The molecule has 2 rings (SSSR count). The molecular formula is C15H14O2. The maximum atomic E-state index is 10.4. The molecule has 2 heteroatoms. The van der Waals surface area contributed by atoms with E-state index in [1.807, 2.05) is 48.5 Å². The van der Waals surface area contributed by atoms with Crippen LogP contribution in [0.25, 0.3) is 11.1 Å². The van der Waals surface area contributed by atoms with Crippen molar-refractivity contribution in [2.24, 2.45) is 0 Å². The highest BCUT2D eigenvalue weighted by molar-refractivity contribution is 5.70. The first kappa shape index (κ1) is 11.4. The lowest BCUT2D eigenvalue weighted by atomic mass is 10.0. The number of rotatable bonds is 4. The van der Waals surface area contributed by atoms with E-state index in [4.69, 9.17) is 4.74 Å². The lowest BCUT2D eigenvalue weighted by Gasteiger charge is -2.08. The fraction of sp³-hybridized carbons (Fsp3) is 0.133. The maximum Gasteiger partial charge on any atom is 0.126 e. The number of carbonyl (C=O) groups is 1. The lowest BCUT2D eigenvalue weighted by Crippen LogP contribution is -1.89. The summed E-state index contributed by atoms with van der Waals surface area (Å²) in [7, 11) is 1.67. The number of hydrogen-bond acceptors (Lipinski definition) is 2. The summed E-state index contributed by atoms with van der Waals surface area (Å²) in [6.45, 7) is 0. The molecule has 2 aromatic carbocycles. The number of methoxy groups -OCH3 is 1. The Morgan fingerprint density at radius 1 is 1.06 bits per heavy atom. The molecule has 0 radical (unpaired) electrons. The van der Waals surface area contributed by atoms with Crippen LogP contribution in [0.2, 0.25) is 0 Å². The van der Waals surface area contributed by atoms with Gasteiger partial charge in [0.2, 0.25) is 0 Å². The highest BCUT2D eigenvalue weighted by atomic mass is 16.5. The van der Waals surface area contributed by atoms with Gasteiger partial charge in [0.15, 0.2) is 0 Å². The number of carbonyl (C=O) groups excluding carboxylic acids is 1. The van der Waals surface area contributed by atoms with Crippen LogP contribution in [-0.4, -0.2) is 13.4 Å². The predicted octanol–water partition coefficient (Wildman–Crippen LogP) is 3.10. The van der Waals surface area contributed by atoms with Gasteiger partial charge in [0, 0.05) is 12.0 Å². The van der Waals surface area contributed by atoms with Crippen molar-refractivity contribution in [1.29, 1.82) is 0 Å². The van der Waals surface area contributed by atoms with Crippen LogP contribution in [0.4, 0.5) is 0 Å². The number of para-hydroxylation sites is 1. The molecule has 2 aromatic rings. The summed E-state index contributed by atoms with van der Waals surface area (Å²) in [5.41, 5.74) is 3.18. The first-order valence-corrected chi connectivity index (χ1v) is 5.51. The van der Waals surface area contributed by atoms with Gasteiger partial charge in [-0.25, -0.2) is 0 Å². The quantitative estimate of drug-likeness (QED) is 0.749. The first-order valence-electron chi connectivity index (χ1n) is 5.51. The van der Waals surface area contributed by atoms with Gasteiger partial charge in [0.25, 0.3) is 0 Å². The minimum absolute atomic E-state index is 0.464. The Morgan fingerprint density at radius 3 is 2.41 bits per heavy atom. The summed E-state index contributed by atoms with van der Waals surface area (Å²) in [5, 5.41) is 0. The van der Waals surface area contributed by atoms with E-state index in [1.165, 1.54) is 0 Å². The molecule has 86 valence electrons. The SMILES string of the molecule is COc1ccccc1-c1ccc(CC=O)cc1. The topological polar surface area (TPSA) is 26.3 Å². The van der Waals surface area contributed by atoms with Crippen LogP contribution in [0.15, 0.2) is 48.5 Å². The van der Waals surface area contributed by atoms with Crippen molar-refractivity contribution in [1.82, 2.24) is 0 Å². The first-order chi connectivity index (χ1) is 8.35. The lowest BCUT2D eigenvalue weighted by molar-refractivity contribution is -0.107. The Bertz CT molecular complexity index is 501. The third kappa shape index (κ3) is 2.53. The fourth-order valence-electron chi connectivity index (χ4n) is 1.80.